The number of hydrogen-bond donors (Lipinski definition) is 2. The van der Waals surface area contributed by atoms with Crippen LogP contribution in [0.15, 0.2) is 30.3 Å². The normalized spacial score (nSPS) is 14.6. The van der Waals surface area contributed by atoms with Crippen LogP contribution in [0.1, 0.15) is 32.4 Å². The van der Waals surface area contributed by atoms with Crippen molar-refractivity contribution < 1.29 is 4.79 Å². The number of amides is 1. The first-order valence-electron chi connectivity index (χ1n) is 5.63. The second-order valence-corrected chi connectivity index (χ2v) is 4.43. The molecule has 1 rings (SSSR count). The van der Waals surface area contributed by atoms with Crippen molar-refractivity contribution in [3.8, 4) is 0 Å². The average Bonchev–Trinajstić information content (AvgIpc) is 2.26. The molecule has 0 bridgehead atoms. The Balaban J connectivity index is 2.81. The van der Waals surface area contributed by atoms with Gasteiger partial charge in [0, 0.05) is 0 Å². The van der Waals surface area contributed by atoms with Gasteiger partial charge >= 0.3 is 0 Å². The fraction of sp³-hybridized carbons (Fsp3) is 0.462. The van der Waals surface area contributed by atoms with Crippen LogP contribution in [0.5, 0.6) is 0 Å². The zero-order valence-electron chi connectivity index (χ0n) is 10.1. The number of carbonyl (C=O) groups is 1. The van der Waals surface area contributed by atoms with E-state index >= 15 is 0 Å². The fourth-order valence-corrected chi connectivity index (χ4v) is 1.58. The van der Waals surface area contributed by atoms with Crippen LogP contribution >= 0.6 is 0 Å². The first kappa shape index (κ1) is 12.7. The standard InChI is InChI=1S/C13H20N2O/c1-9(2)12(15-13(16)10(3)14)11-7-5-4-6-8-11/h4-10,12H,14H2,1-3H3,(H,15,16)/t10-,12?/m0/s1. The molecule has 0 aliphatic rings. The molecule has 0 saturated carbocycles. The van der Waals surface area contributed by atoms with E-state index in [-0.39, 0.29) is 11.9 Å². The summed E-state index contributed by atoms with van der Waals surface area (Å²) in [4.78, 5) is 11.6. The quantitative estimate of drug-likeness (QED) is 0.813. The van der Waals surface area contributed by atoms with E-state index in [1.165, 1.54) is 0 Å². The van der Waals surface area contributed by atoms with Crippen molar-refractivity contribution in [3.63, 3.8) is 0 Å². The summed E-state index contributed by atoms with van der Waals surface area (Å²) in [5.74, 6) is 0.229. The minimum Gasteiger partial charge on any atom is -0.348 e. The predicted molar refractivity (Wildman–Crippen MR) is 65.8 cm³/mol. The van der Waals surface area contributed by atoms with Crippen LogP contribution in [-0.2, 0) is 4.79 Å². The molecule has 1 unspecified atom stereocenters. The highest BCUT2D eigenvalue weighted by molar-refractivity contribution is 5.81. The molecule has 0 saturated heterocycles. The van der Waals surface area contributed by atoms with Crippen LogP contribution in [0.25, 0.3) is 0 Å². The van der Waals surface area contributed by atoms with Crippen molar-refractivity contribution in [2.24, 2.45) is 11.7 Å². The van der Waals surface area contributed by atoms with Gasteiger partial charge < -0.3 is 11.1 Å². The number of nitrogens with two attached hydrogens (primary N) is 1. The van der Waals surface area contributed by atoms with Gasteiger partial charge in [-0.25, -0.2) is 0 Å². The zero-order chi connectivity index (χ0) is 12.1. The highest BCUT2D eigenvalue weighted by Gasteiger charge is 2.19. The largest absolute Gasteiger partial charge is 0.348 e. The van der Waals surface area contributed by atoms with Crippen LogP contribution in [-0.4, -0.2) is 11.9 Å². The summed E-state index contributed by atoms with van der Waals surface area (Å²) in [6, 6.07) is 9.52. The van der Waals surface area contributed by atoms with Gasteiger partial charge in [-0.15, -0.1) is 0 Å². The SMILES string of the molecule is CC(C)C(NC(=O)[C@H](C)N)c1ccccc1. The first-order chi connectivity index (χ1) is 7.52. The zero-order valence-corrected chi connectivity index (χ0v) is 10.1. The molecule has 0 aromatic heterocycles. The molecule has 0 spiro atoms. The summed E-state index contributed by atoms with van der Waals surface area (Å²) in [6.45, 7) is 5.86. The van der Waals surface area contributed by atoms with Crippen molar-refractivity contribution >= 4 is 5.91 Å². The summed E-state index contributed by atoms with van der Waals surface area (Å²) >= 11 is 0. The monoisotopic (exact) mass is 220 g/mol. The molecule has 3 nitrogen and oxygen atoms in total. The molecule has 3 heteroatoms. The second kappa shape index (κ2) is 5.66. The Bertz CT molecular complexity index is 333. The van der Waals surface area contributed by atoms with Crippen molar-refractivity contribution in [1.29, 1.82) is 0 Å². The Morgan fingerprint density at radius 1 is 1.19 bits per heavy atom. The molecule has 0 aliphatic carbocycles. The smallest absolute Gasteiger partial charge is 0.237 e. The Hall–Kier alpha value is -1.35. The first-order valence-corrected chi connectivity index (χ1v) is 5.63. The molecule has 2 atom stereocenters. The van der Waals surface area contributed by atoms with Gasteiger partial charge in [0.15, 0.2) is 0 Å². The van der Waals surface area contributed by atoms with Crippen molar-refractivity contribution in [1.82, 2.24) is 5.32 Å². The van der Waals surface area contributed by atoms with Gasteiger partial charge in [-0.3, -0.25) is 4.79 Å². The van der Waals surface area contributed by atoms with Crippen molar-refractivity contribution in [2.45, 2.75) is 32.9 Å². The number of carbonyl (C=O) groups excluding carboxylic acids is 1. The van der Waals surface area contributed by atoms with E-state index < -0.39 is 6.04 Å². The van der Waals surface area contributed by atoms with Crippen LogP contribution in [0.2, 0.25) is 0 Å². The lowest BCUT2D eigenvalue weighted by Gasteiger charge is -2.23. The molecular formula is C13H20N2O. The summed E-state index contributed by atoms with van der Waals surface area (Å²) in [6.07, 6.45) is 0. The van der Waals surface area contributed by atoms with Gasteiger partial charge in [0.05, 0.1) is 12.1 Å². The minimum atomic E-state index is -0.468. The third-order valence-electron chi connectivity index (χ3n) is 2.54. The molecule has 0 heterocycles. The van der Waals surface area contributed by atoms with E-state index in [0.29, 0.717) is 5.92 Å². The maximum Gasteiger partial charge on any atom is 0.237 e. The van der Waals surface area contributed by atoms with Gasteiger partial charge in [0.1, 0.15) is 0 Å². The Morgan fingerprint density at radius 2 is 1.75 bits per heavy atom. The third kappa shape index (κ3) is 3.35. The lowest BCUT2D eigenvalue weighted by atomic mass is 9.96. The maximum atomic E-state index is 11.6. The van der Waals surface area contributed by atoms with Crippen molar-refractivity contribution in [2.75, 3.05) is 0 Å². The molecule has 0 fully saturated rings. The molecule has 1 amide bonds. The molecule has 0 aliphatic heterocycles. The summed E-state index contributed by atoms with van der Waals surface area (Å²) in [5.41, 5.74) is 6.67. The second-order valence-electron chi connectivity index (χ2n) is 4.43. The Labute approximate surface area is 97.0 Å². The number of benzene rings is 1. The van der Waals surface area contributed by atoms with E-state index in [4.69, 9.17) is 5.73 Å². The van der Waals surface area contributed by atoms with E-state index in [1.54, 1.807) is 6.92 Å². The third-order valence-corrected chi connectivity index (χ3v) is 2.54. The van der Waals surface area contributed by atoms with E-state index in [9.17, 15) is 4.79 Å². The van der Waals surface area contributed by atoms with E-state index in [0.717, 1.165) is 5.56 Å². The highest BCUT2D eigenvalue weighted by atomic mass is 16.2. The molecule has 1 aromatic carbocycles. The van der Waals surface area contributed by atoms with Gasteiger partial charge in [-0.2, -0.15) is 0 Å². The molecule has 3 N–H and O–H groups in total. The number of rotatable bonds is 4. The van der Waals surface area contributed by atoms with Crippen LogP contribution < -0.4 is 11.1 Å². The molecule has 1 aromatic rings. The van der Waals surface area contributed by atoms with Crippen LogP contribution in [0.3, 0.4) is 0 Å². The van der Waals surface area contributed by atoms with E-state index in [2.05, 4.69) is 19.2 Å². The molecular weight excluding hydrogens is 200 g/mol. The lowest BCUT2D eigenvalue weighted by Crippen LogP contribution is -2.41. The molecule has 0 radical (unpaired) electrons. The topological polar surface area (TPSA) is 55.1 Å². The van der Waals surface area contributed by atoms with Gasteiger partial charge in [0.25, 0.3) is 0 Å². The number of nitrogens with one attached hydrogen (secondary N) is 1. The summed E-state index contributed by atoms with van der Waals surface area (Å²) in [5, 5.41) is 2.97. The molecule has 88 valence electrons. The minimum absolute atomic E-state index is 0.0275. The van der Waals surface area contributed by atoms with Gasteiger partial charge in [-0.05, 0) is 18.4 Å². The van der Waals surface area contributed by atoms with Crippen molar-refractivity contribution in [3.05, 3.63) is 35.9 Å². The van der Waals surface area contributed by atoms with Gasteiger partial charge in [-0.1, -0.05) is 44.2 Å². The van der Waals surface area contributed by atoms with E-state index in [1.807, 2.05) is 30.3 Å². The Kier molecular flexibility index (Phi) is 4.50. The average molecular weight is 220 g/mol. The Morgan fingerprint density at radius 3 is 2.19 bits per heavy atom. The summed E-state index contributed by atoms with van der Waals surface area (Å²) < 4.78 is 0. The highest BCUT2D eigenvalue weighted by Crippen LogP contribution is 2.21. The lowest BCUT2D eigenvalue weighted by molar-refractivity contribution is -0.123. The van der Waals surface area contributed by atoms with Crippen LogP contribution in [0, 0.1) is 5.92 Å². The van der Waals surface area contributed by atoms with Crippen LogP contribution in [0.4, 0.5) is 0 Å². The van der Waals surface area contributed by atoms with Gasteiger partial charge in [0.2, 0.25) is 5.91 Å². The maximum absolute atomic E-state index is 11.6. The predicted octanol–water partition coefficient (Wildman–Crippen LogP) is 1.85. The fourth-order valence-electron chi connectivity index (χ4n) is 1.58. The number of hydrogen-bond acceptors (Lipinski definition) is 2. The molecule has 16 heavy (non-hydrogen) atoms. The summed E-state index contributed by atoms with van der Waals surface area (Å²) in [7, 11) is 0.